The summed E-state index contributed by atoms with van der Waals surface area (Å²) in [6, 6.07) is 0. The predicted molar refractivity (Wildman–Crippen MR) is 63.5 cm³/mol. The Balaban J connectivity index is 2.67. The van der Waals surface area contributed by atoms with Gasteiger partial charge >= 0.3 is 0 Å². The van der Waals surface area contributed by atoms with Crippen LogP contribution < -0.4 is 0 Å². The summed E-state index contributed by atoms with van der Waals surface area (Å²) in [6.45, 7) is 4.93. The third kappa shape index (κ3) is 3.45. The summed E-state index contributed by atoms with van der Waals surface area (Å²) in [5, 5.41) is 0.293. The van der Waals surface area contributed by atoms with Crippen LogP contribution in [-0.2, 0) is 0 Å². The molecule has 0 aliphatic carbocycles. The second-order valence-electron chi connectivity index (χ2n) is 3.92. The van der Waals surface area contributed by atoms with Gasteiger partial charge in [-0.2, -0.15) is 0 Å². The molecule has 16 heavy (non-hydrogen) atoms. The molecule has 0 saturated heterocycles. The molecule has 0 aromatic carbocycles. The van der Waals surface area contributed by atoms with Gasteiger partial charge < -0.3 is 4.90 Å². The molecule has 0 bridgehead atoms. The lowest BCUT2D eigenvalue weighted by atomic mass is 10.1. The lowest BCUT2D eigenvalue weighted by Gasteiger charge is -2.20. The van der Waals surface area contributed by atoms with Gasteiger partial charge in [-0.3, -0.25) is 4.79 Å². The minimum atomic E-state index is -0.121. The first-order valence-corrected chi connectivity index (χ1v) is 5.65. The molecule has 1 amide bonds. The van der Waals surface area contributed by atoms with E-state index in [1.807, 2.05) is 0 Å². The lowest BCUT2D eigenvalue weighted by molar-refractivity contribution is 0.0768. The Hall–Kier alpha value is -1.16. The highest BCUT2D eigenvalue weighted by Crippen LogP contribution is 2.07. The molecule has 1 rings (SSSR count). The molecule has 88 valence electrons. The van der Waals surface area contributed by atoms with Crippen molar-refractivity contribution in [3.63, 3.8) is 0 Å². The highest BCUT2D eigenvalue weighted by atomic mass is 35.5. The Morgan fingerprint density at radius 3 is 2.69 bits per heavy atom. The molecule has 0 spiro atoms. The van der Waals surface area contributed by atoms with E-state index in [1.165, 1.54) is 12.4 Å². The summed E-state index contributed by atoms with van der Waals surface area (Å²) in [6.07, 6.45) is 3.83. The monoisotopic (exact) mass is 241 g/mol. The van der Waals surface area contributed by atoms with Crippen molar-refractivity contribution in [3.05, 3.63) is 23.2 Å². The van der Waals surface area contributed by atoms with E-state index >= 15 is 0 Å². The third-order valence-electron chi connectivity index (χ3n) is 2.47. The molecule has 1 unspecified atom stereocenters. The van der Waals surface area contributed by atoms with Crippen molar-refractivity contribution in [2.75, 3.05) is 13.6 Å². The zero-order chi connectivity index (χ0) is 12.1. The quantitative estimate of drug-likeness (QED) is 0.812. The number of nitrogens with zero attached hydrogens (tertiary/aromatic N) is 3. The van der Waals surface area contributed by atoms with Crippen LogP contribution >= 0.6 is 11.6 Å². The maximum absolute atomic E-state index is 11.9. The summed E-state index contributed by atoms with van der Waals surface area (Å²) in [7, 11) is 1.77. The molecular weight excluding hydrogens is 226 g/mol. The number of rotatable bonds is 4. The fourth-order valence-corrected chi connectivity index (χ4v) is 1.40. The van der Waals surface area contributed by atoms with Gasteiger partial charge in [-0.1, -0.05) is 31.9 Å². The standard InChI is InChI=1S/C11H16ClN3O/c1-4-8(2)7-15(3)11(16)9-5-14-10(12)6-13-9/h5-6,8H,4,7H2,1-3H3. The highest BCUT2D eigenvalue weighted by molar-refractivity contribution is 6.29. The van der Waals surface area contributed by atoms with Crippen molar-refractivity contribution in [2.24, 2.45) is 5.92 Å². The van der Waals surface area contributed by atoms with Crippen molar-refractivity contribution in [3.8, 4) is 0 Å². The van der Waals surface area contributed by atoms with Crippen LogP contribution in [0, 0.1) is 5.92 Å². The molecule has 5 heteroatoms. The number of halogens is 1. The van der Waals surface area contributed by atoms with Gasteiger partial charge in [-0.05, 0) is 5.92 Å². The normalized spacial score (nSPS) is 12.2. The number of carbonyl (C=O) groups is 1. The van der Waals surface area contributed by atoms with Crippen LogP contribution in [0.3, 0.4) is 0 Å². The summed E-state index contributed by atoms with van der Waals surface area (Å²) < 4.78 is 0. The average Bonchev–Trinajstić information content (AvgIpc) is 2.28. The molecule has 0 radical (unpaired) electrons. The number of hydrogen-bond donors (Lipinski definition) is 0. The van der Waals surface area contributed by atoms with Crippen LogP contribution in [-0.4, -0.2) is 34.4 Å². The fourth-order valence-electron chi connectivity index (χ4n) is 1.30. The number of carbonyl (C=O) groups excluding carboxylic acids is 1. The first-order chi connectivity index (χ1) is 7.54. The number of amides is 1. The Bertz CT molecular complexity index is 353. The van der Waals surface area contributed by atoms with Gasteiger partial charge in [0, 0.05) is 13.6 Å². The molecule has 1 atom stereocenters. The van der Waals surface area contributed by atoms with Crippen LogP contribution in [0.4, 0.5) is 0 Å². The van der Waals surface area contributed by atoms with Gasteiger partial charge in [0.2, 0.25) is 0 Å². The highest BCUT2D eigenvalue weighted by Gasteiger charge is 2.15. The average molecular weight is 242 g/mol. The van der Waals surface area contributed by atoms with Gasteiger partial charge in [0.05, 0.1) is 12.4 Å². The van der Waals surface area contributed by atoms with Crippen LogP contribution in [0.2, 0.25) is 5.15 Å². The van der Waals surface area contributed by atoms with E-state index in [4.69, 9.17) is 11.6 Å². The molecule has 0 aliphatic rings. The van der Waals surface area contributed by atoms with Crippen molar-refractivity contribution in [2.45, 2.75) is 20.3 Å². The van der Waals surface area contributed by atoms with Crippen molar-refractivity contribution in [1.82, 2.24) is 14.9 Å². The Morgan fingerprint density at radius 2 is 2.19 bits per heavy atom. The second-order valence-corrected chi connectivity index (χ2v) is 4.31. The van der Waals surface area contributed by atoms with E-state index in [0.717, 1.165) is 13.0 Å². The van der Waals surface area contributed by atoms with Crippen LogP contribution in [0.1, 0.15) is 30.8 Å². The number of aromatic nitrogens is 2. The maximum atomic E-state index is 11.9. The van der Waals surface area contributed by atoms with Crippen molar-refractivity contribution in [1.29, 1.82) is 0 Å². The smallest absolute Gasteiger partial charge is 0.273 e. The Kier molecular flexibility index (Phi) is 4.68. The topological polar surface area (TPSA) is 46.1 Å². The molecule has 0 aliphatic heterocycles. The first kappa shape index (κ1) is 12.9. The van der Waals surface area contributed by atoms with Gasteiger partial charge in [0.1, 0.15) is 10.8 Å². The summed E-state index contributed by atoms with van der Waals surface area (Å²) in [4.78, 5) is 21.3. The van der Waals surface area contributed by atoms with Gasteiger partial charge in [0.25, 0.3) is 5.91 Å². The minimum absolute atomic E-state index is 0.121. The predicted octanol–water partition coefficient (Wildman–Crippen LogP) is 2.25. The fraction of sp³-hybridized carbons (Fsp3) is 0.545. The van der Waals surface area contributed by atoms with Gasteiger partial charge in [-0.15, -0.1) is 0 Å². The lowest BCUT2D eigenvalue weighted by Crippen LogP contribution is -2.31. The van der Waals surface area contributed by atoms with E-state index in [1.54, 1.807) is 11.9 Å². The zero-order valence-corrected chi connectivity index (χ0v) is 10.5. The largest absolute Gasteiger partial charge is 0.340 e. The molecule has 1 heterocycles. The minimum Gasteiger partial charge on any atom is -0.340 e. The zero-order valence-electron chi connectivity index (χ0n) is 9.77. The summed E-state index contributed by atoms with van der Waals surface area (Å²) in [5.41, 5.74) is 0.329. The van der Waals surface area contributed by atoms with E-state index in [2.05, 4.69) is 23.8 Å². The number of hydrogen-bond acceptors (Lipinski definition) is 3. The van der Waals surface area contributed by atoms with Crippen molar-refractivity contribution >= 4 is 17.5 Å². The van der Waals surface area contributed by atoms with E-state index in [9.17, 15) is 4.79 Å². The van der Waals surface area contributed by atoms with Crippen LogP contribution in [0.5, 0.6) is 0 Å². The molecule has 4 nitrogen and oxygen atoms in total. The molecule has 0 fully saturated rings. The van der Waals surface area contributed by atoms with E-state index < -0.39 is 0 Å². The summed E-state index contributed by atoms with van der Waals surface area (Å²) in [5.74, 6) is 0.360. The van der Waals surface area contributed by atoms with E-state index in [0.29, 0.717) is 16.8 Å². The molecule has 0 saturated carbocycles. The SMILES string of the molecule is CCC(C)CN(C)C(=O)c1cnc(Cl)cn1. The maximum Gasteiger partial charge on any atom is 0.273 e. The molecular formula is C11H16ClN3O. The Morgan fingerprint density at radius 1 is 1.50 bits per heavy atom. The van der Waals surface area contributed by atoms with Crippen LogP contribution in [0.15, 0.2) is 12.4 Å². The van der Waals surface area contributed by atoms with Crippen LogP contribution in [0.25, 0.3) is 0 Å². The second kappa shape index (κ2) is 5.80. The molecule has 0 N–H and O–H groups in total. The molecule has 1 aromatic rings. The molecule has 1 aromatic heterocycles. The third-order valence-corrected chi connectivity index (χ3v) is 2.66. The summed E-state index contributed by atoms with van der Waals surface area (Å²) >= 11 is 5.60. The van der Waals surface area contributed by atoms with E-state index in [-0.39, 0.29) is 5.91 Å². The Labute approximate surface area is 101 Å². The van der Waals surface area contributed by atoms with Gasteiger partial charge in [0.15, 0.2) is 0 Å². The first-order valence-electron chi connectivity index (χ1n) is 5.27. The van der Waals surface area contributed by atoms with Crippen molar-refractivity contribution < 1.29 is 4.79 Å². The van der Waals surface area contributed by atoms with Gasteiger partial charge in [-0.25, -0.2) is 9.97 Å².